The monoisotopic (exact) mass is 254 g/mol. The number of nitrogens with zero attached hydrogens (tertiary/aromatic N) is 4. The minimum Gasteiger partial charge on any atom is -0.293 e. The largest absolute Gasteiger partial charge is 0.293 e. The number of hydrogen-bond donors (Lipinski definition) is 0. The minimum absolute atomic E-state index is 0.344. The number of rotatable bonds is 1. The molecule has 0 saturated carbocycles. The molecule has 0 amide bonds. The molecular formula is C12H19ClN4. The zero-order valence-corrected chi connectivity index (χ0v) is 11.0. The highest BCUT2D eigenvalue weighted by molar-refractivity contribution is 6.65. The Hall–Kier alpha value is -0.610. The Morgan fingerprint density at radius 2 is 2.00 bits per heavy atom. The molecule has 94 valence electrons. The van der Waals surface area contributed by atoms with Gasteiger partial charge in [-0.15, -0.1) is 0 Å². The van der Waals surface area contributed by atoms with Gasteiger partial charge in [0.2, 0.25) is 5.29 Å². The Balaban J connectivity index is 1.82. The van der Waals surface area contributed by atoms with Crippen LogP contribution in [0.2, 0.25) is 0 Å². The number of piperidine rings is 2. The molecule has 0 aromatic heterocycles. The summed E-state index contributed by atoms with van der Waals surface area (Å²) < 4.78 is 0. The lowest BCUT2D eigenvalue weighted by atomic mass is 9.93. The summed E-state index contributed by atoms with van der Waals surface area (Å²) >= 11 is 6.01. The van der Waals surface area contributed by atoms with Gasteiger partial charge in [-0.05, 0) is 30.4 Å². The standard InChI is InChI=1S/C12H19ClN4/c1-9-8-17(16-5-3-2-4-6-16)11-7-10(9)14-12(13)15-11/h9-10H,2-8H2,1H3/t9?,10-/m0/s1. The average molecular weight is 255 g/mol. The molecule has 3 heterocycles. The minimum atomic E-state index is 0.344. The second-order valence-corrected chi connectivity index (χ2v) is 5.61. The third-order valence-electron chi connectivity index (χ3n) is 3.97. The average Bonchev–Trinajstić information content (AvgIpc) is 2.34. The fourth-order valence-electron chi connectivity index (χ4n) is 2.94. The second-order valence-electron chi connectivity index (χ2n) is 5.27. The molecule has 2 saturated heterocycles. The fraction of sp³-hybridized carbons (Fsp3) is 0.833. The first kappa shape index (κ1) is 11.5. The lowest BCUT2D eigenvalue weighted by Gasteiger charge is -2.46. The summed E-state index contributed by atoms with van der Waals surface area (Å²) in [6.45, 7) is 5.62. The van der Waals surface area contributed by atoms with E-state index in [1.807, 2.05) is 0 Å². The summed E-state index contributed by atoms with van der Waals surface area (Å²) in [4.78, 5) is 8.82. The van der Waals surface area contributed by atoms with Crippen LogP contribution in [0.15, 0.2) is 9.98 Å². The molecule has 0 aromatic carbocycles. The van der Waals surface area contributed by atoms with Crippen molar-refractivity contribution in [3.05, 3.63) is 0 Å². The highest BCUT2D eigenvalue weighted by Crippen LogP contribution is 2.28. The molecule has 0 spiro atoms. The predicted molar refractivity (Wildman–Crippen MR) is 70.4 cm³/mol. The van der Waals surface area contributed by atoms with Gasteiger partial charge in [-0.3, -0.25) is 10.0 Å². The van der Waals surface area contributed by atoms with Crippen molar-refractivity contribution in [1.82, 2.24) is 10.0 Å². The lowest BCUT2D eigenvalue weighted by molar-refractivity contribution is 0.000809. The van der Waals surface area contributed by atoms with Crippen LogP contribution in [0.1, 0.15) is 32.6 Å². The van der Waals surface area contributed by atoms with E-state index in [0.29, 0.717) is 17.3 Å². The third-order valence-corrected chi connectivity index (χ3v) is 4.16. The van der Waals surface area contributed by atoms with Gasteiger partial charge in [0, 0.05) is 26.1 Å². The van der Waals surface area contributed by atoms with E-state index in [0.717, 1.165) is 31.9 Å². The van der Waals surface area contributed by atoms with Crippen molar-refractivity contribution in [2.75, 3.05) is 19.6 Å². The van der Waals surface area contributed by atoms with Gasteiger partial charge in [-0.1, -0.05) is 13.3 Å². The van der Waals surface area contributed by atoms with Gasteiger partial charge in [0.25, 0.3) is 0 Å². The van der Waals surface area contributed by atoms with Gasteiger partial charge in [-0.2, -0.15) is 0 Å². The Bertz CT molecular complexity index is 360. The van der Waals surface area contributed by atoms with Gasteiger partial charge in [0.1, 0.15) is 5.84 Å². The van der Waals surface area contributed by atoms with E-state index in [-0.39, 0.29) is 0 Å². The molecule has 0 radical (unpaired) electrons. The van der Waals surface area contributed by atoms with Gasteiger partial charge < -0.3 is 0 Å². The van der Waals surface area contributed by atoms with Crippen LogP contribution < -0.4 is 0 Å². The summed E-state index contributed by atoms with van der Waals surface area (Å²) in [5.74, 6) is 1.68. The molecule has 0 aromatic rings. The van der Waals surface area contributed by atoms with E-state index in [1.165, 1.54) is 19.3 Å². The van der Waals surface area contributed by atoms with Crippen molar-refractivity contribution >= 4 is 22.7 Å². The molecule has 2 fully saturated rings. The van der Waals surface area contributed by atoms with Crippen molar-refractivity contribution in [3.8, 4) is 0 Å². The quantitative estimate of drug-likeness (QED) is 0.671. The predicted octanol–water partition coefficient (Wildman–Crippen LogP) is 2.10. The molecule has 5 heteroatoms. The van der Waals surface area contributed by atoms with E-state index in [1.54, 1.807) is 0 Å². The molecule has 4 nitrogen and oxygen atoms in total. The Morgan fingerprint density at radius 1 is 1.24 bits per heavy atom. The molecule has 2 bridgehead atoms. The molecule has 2 atom stereocenters. The zero-order chi connectivity index (χ0) is 11.8. The Labute approximate surface area is 107 Å². The molecule has 0 N–H and O–H groups in total. The van der Waals surface area contributed by atoms with Crippen LogP contribution in [-0.4, -0.2) is 46.8 Å². The smallest absolute Gasteiger partial charge is 0.219 e. The van der Waals surface area contributed by atoms with Crippen LogP contribution >= 0.6 is 11.6 Å². The molecule has 17 heavy (non-hydrogen) atoms. The van der Waals surface area contributed by atoms with Crippen LogP contribution in [0.3, 0.4) is 0 Å². The first-order valence-electron chi connectivity index (χ1n) is 6.57. The normalized spacial score (nSPS) is 34.4. The molecule has 0 aliphatic carbocycles. The molecular weight excluding hydrogens is 236 g/mol. The van der Waals surface area contributed by atoms with Crippen LogP contribution in [0.4, 0.5) is 0 Å². The van der Waals surface area contributed by atoms with Gasteiger partial charge >= 0.3 is 0 Å². The van der Waals surface area contributed by atoms with Gasteiger partial charge in [0.05, 0.1) is 6.04 Å². The summed E-state index contributed by atoms with van der Waals surface area (Å²) in [5.41, 5.74) is 0. The van der Waals surface area contributed by atoms with Crippen molar-refractivity contribution in [2.24, 2.45) is 15.9 Å². The van der Waals surface area contributed by atoms with Gasteiger partial charge in [-0.25, -0.2) is 10.0 Å². The SMILES string of the molecule is CC1CN(N2CCCCC2)C2=NC(Cl)=N[C@H]1C2. The van der Waals surface area contributed by atoms with E-state index < -0.39 is 0 Å². The summed E-state index contributed by atoms with van der Waals surface area (Å²) in [5, 5.41) is 5.24. The zero-order valence-electron chi connectivity index (χ0n) is 10.3. The summed E-state index contributed by atoms with van der Waals surface area (Å²) in [7, 11) is 0. The second kappa shape index (κ2) is 4.58. The van der Waals surface area contributed by atoms with Crippen LogP contribution in [-0.2, 0) is 0 Å². The Morgan fingerprint density at radius 3 is 2.76 bits per heavy atom. The molecule has 1 unspecified atom stereocenters. The number of fused-ring (bicyclic) bond motifs is 2. The van der Waals surface area contributed by atoms with Crippen LogP contribution in [0.25, 0.3) is 0 Å². The van der Waals surface area contributed by atoms with E-state index in [4.69, 9.17) is 11.6 Å². The molecule has 3 rings (SSSR count). The lowest BCUT2D eigenvalue weighted by Crippen LogP contribution is -2.56. The maximum Gasteiger partial charge on any atom is 0.219 e. The van der Waals surface area contributed by atoms with E-state index in [9.17, 15) is 0 Å². The van der Waals surface area contributed by atoms with Crippen LogP contribution in [0.5, 0.6) is 0 Å². The highest BCUT2D eigenvalue weighted by Gasteiger charge is 2.35. The first-order valence-corrected chi connectivity index (χ1v) is 6.95. The Kier molecular flexibility index (Phi) is 3.09. The van der Waals surface area contributed by atoms with E-state index in [2.05, 4.69) is 26.9 Å². The first-order chi connectivity index (χ1) is 8.24. The van der Waals surface area contributed by atoms with Crippen molar-refractivity contribution in [3.63, 3.8) is 0 Å². The number of aliphatic imine (C=N–C) groups is 2. The molecule has 3 aliphatic heterocycles. The summed E-state index contributed by atoms with van der Waals surface area (Å²) in [6, 6.07) is 0.344. The fourth-order valence-corrected chi connectivity index (χ4v) is 3.16. The van der Waals surface area contributed by atoms with Crippen molar-refractivity contribution in [2.45, 2.75) is 38.6 Å². The molecule has 3 aliphatic rings. The maximum absolute atomic E-state index is 6.01. The summed E-state index contributed by atoms with van der Waals surface area (Å²) in [6.07, 6.45) is 4.90. The number of halogens is 1. The third kappa shape index (κ3) is 2.20. The maximum atomic E-state index is 6.01. The van der Waals surface area contributed by atoms with Crippen molar-refractivity contribution in [1.29, 1.82) is 0 Å². The van der Waals surface area contributed by atoms with Gasteiger partial charge in [0.15, 0.2) is 0 Å². The van der Waals surface area contributed by atoms with E-state index >= 15 is 0 Å². The topological polar surface area (TPSA) is 31.2 Å². The number of amidine groups is 2. The highest BCUT2D eigenvalue weighted by atomic mass is 35.5. The number of hydrogen-bond acceptors (Lipinski definition) is 4. The number of hydrazine groups is 1. The van der Waals surface area contributed by atoms with Crippen LogP contribution in [0, 0.1) is 5.92 Å². The van der Waals surface area contributed by atoms with Crippen molar-refractivity contribution < 1.29 is 0 Å².